The molecule has 0 atom stereocenters. The van der Waals surface area contributed by atoms with Crippen LogP contribution < -0.4 is 0 Å². The Kier molecular flexibility index (Phi) is 3.27. The molecule has 0 N–H and O–H groups in total. The van der Waals surface area contributed by atoms with Crippen LogP contribution in [0.2, 0.25) is 0 Å². The van der Waals surface area contributed by atoms with E-state index < -0.39 is 11.6 Å². The second-order valence-electron chi connectivity index (χ2n) is 6.23. The molecule has 5 rings (SSSR count). The van der Waals surface area contributed by atoms with Crippen LogP contribution in [-0.2, 0) is 5.41 Å². The summed E-state index contributed by atoms with van der Waals surface area (Å²) >= 11 is 1.31. The van der Waals surface area contributed by atoms with Crippen molar-refractivity contribution < 1.29 is 8.78 Å². The number of hydrogen-bond acceptors (Lipinski definition) is 3. The summed E-state index contributed by atoms with van der Waals surface area (Å²) < 4.78 is 27.2. The summed E-state index contributed by atoms with van der Waals surface area (Å²) in [5, 5.41) is 0.500. The maximum absolute atomic E-state index is 14.1. The van der Waals surface area contributed by atoms with E-state index in [0.29, 0.717) is 16.1 Å². The fourth-order valence-electron chi connectivity index (χ4n) is 3.13. The zero-order chi connectivity index (χ0) is 17.7. The highest BCUT2D eigenvalue weighted by molar-refractivity contribution is 7.21. The lowest BCUT2D eigenvalue weighted by Crippen LogP contribution is -2.12. The Morgan fingerprint density at radius 1 is 0.846 bits per heavy atom. The molecular weight excluding hydrogens is 350 g/mol. The first kappa shape index (κ1) is 15.3. The van der Waals surface area contributed by atoms with Crippen molar-refractivity contribution in [3.63, 3.8) is 0 Å². The molecule has 4 aromatic rings. The number of hydrogen-bond donors (Lipinski definition) is 0. The topological polar surface area (TPSA) is 25.8 Å². The van der Waals surface area contributed by atoms with Crippen molar-refractivity contribution in [2.45, 2.75) is 5.41 Å². The van der Waals surface area contributed by atoms with Gasteiger partial charge < -0.3 is 0 Å². The Morgan fingerprint density at radius 2 is 1.65 bits per heavy atom. The Bertz CT molecular complexity index is 1160. The van der Waals surface area contributed by atoms with Gasteiger partial charge in [-0.15, -0.1) is 0 Å². The van der Waals surface area contributed by atoms with Gasteiger partial charge in [-0.25, -0.2) is 18.7 Å². The lowest BCUT2D eigenvalue weighted by atomic mass is 9.89. The summed E-state index contributed by atoms with van der Waals surface area (Å²) in [4.78, 5) is 9.98. The number of allylic oxidation sites excluding steroid dienone is 2. The number of pyridine rings is 1. The molecular formula is C21H12F2N2S. The van der Waals surface area contributed by atoms with Crippen molar-refractivity contribution in [2.24, 2.45) is 0 Å². The van der Waals surface area contributed by atoms with Crippen LogP contribution in [-0.4, -0.2) is 9.97 Å². The number of halogens is 2. The largest absolute Gasteiger partial charge is 0.239 e. The number of rotatable bonds is 3. The zero-order valence-electron chi connectivity index (χ0n) is 13.5. The van der Waals surface area contributed by atoms with Gasteiger partial charge in [-0.2, -0.15) is 0 Å². The smallest absolute Gasteiger partial charge is 0.144 e. The van der Waals surface area contributed by atoms with Crippen molar-refractivity contribution >= 4 is 21.7 Å². The molecule has 0 saturated carbocycles. The van der Waals surface area contributed by atoms with Crippen LogP contribution >= 0.6 is 11.3 Å². The second-order valence-corrected chi connectivity index (χ2v) is 7.21. The molecule has 0 fully saturated rings. The second kappa shape index (κ2) is 5.54. The molecule has 5 heteroatoms. The Morgan fingerprint density at radius 3 is 2.38 bits per heavy atom. The van der Waals surface area contributed by atoms with Gasteiger partial charge >= 0.3 is 0 Å². The van der Waals surface area contributed by atoms with E-state index in [2.05, 4.69) is 29.3 Å². The molecule has 0 amide bonds. The fraction of sp³-hybridized carbons (Fsp3) is 0.0476. The van der Waals surface area contributed by atoms with E-state index in [1.54, 1.807) is 0 Å². The highest BCUT2D eigenvalue weighted by atomic mass is 32.1. The summed E-state index contributed by atoms with van der Waals surface area (Å²) in [6.45, 7) is 0. The van der Waals surface area contributed by atoms with Gasteiger partial charge in [-0.1, -0.05) is 53.8 Å². The van der Waals surface area contributed by atoms with E-state index in [4.69, 9.17) is 4.98 Å². The minimum atomic E-state index is -0.617. The molecule has 2 heterocycles. The molecule has 0 saturated heterocycles. The number of benzene rings is 2. The predicted molar refractivity (Wildman–Crippen MR) is 99.1 cm³/mol. The van der Waals surface area contributed by atoms with E-state index in [1.165, 1.54) is 29.0 Å². The Balaban J connectivity index is 1.59. The molecule has 0 unspecified atom stereocenters. The Hall–Kier alpha value is -2.92. The van der Waals surface area contributed by atoms with E-state index >= 15 is 0 Å². The average Bonchev–Trinajstić information content (AvgIpc) is 3.36. The predicted octanol–water partition coefficient (Wildman–Crippen LogP) is 5.49. The highest BCUT2D eigenvalue weighted by Crippen LogP contribution is 2.45. The summed E-state index contributed by atoms with van der Waals surface area (Å²) in [6, 6.07) is 17.6. The van der Waals surface area contributed by atoms with E-state index in [-0.39, 0.29) is 5.41 Å². The highest BCUT2D eigenvalue weighted by Gasteiger charge is 2.39. The standard InChI is InChI=1S/C21H12F2N2S/c22-14-6-7-15(16(23)12-14)19-24-17-8-9-18(25-20(17)26-19)21(10-11-21)13-4-2-1-3-5-13/h1-12H. The average molecular weight is 362 g/mol. The number of nitrogens with zero attached hydrogens (tertiary/aromatic N) is 2. The van der Waals surface area contributed by atoms with Crippen molar-refractivity contribution in [3.8, 4) is 10.6 Å². The summed E-state index contributed by atoms with van der Waals surface area (Å²) in [7, 11) is 0. The van der Waals surface area contributed by atoms with Crippen LogP contribution in [0.1, 0.15) is 11.3 Å². The summed E-state index contributed by atoms with van der Waals surface area (Å²) in [5.41, 5.74) is 2.83. The molecule has 2 aromatic carbocycles. The third kappa shape index (κ3) is 2.35. The first-order valence-corrected chi connectivity index (χ1v) is 8.97. The molecule has 2 nitrogen and oxygen atoms in total. The molecule has 0 radical (unpaired) electrons. The van der Waals surface area contributed by atoms with Crippen LogP contribution in [0, 0.1) is 11.6 Å². The first-order valence-electron chi connectivity index (χ1n) is 8.15. The molecule has 0 aliphatic heterocycles. The van der Waals surface area contributed by atoms with Gasteiger partial charge in [-0.3, -0.25) is 0 Å². The van der Waals surface area contributed by atoms with Crippen molar-refractivity contribution in [1.29, 1.82) is 0 Å². The van der Waals surface area contributed by atoms with Gasteiger partial charge in [-0.05, 0) is 29.8 Å². The molecule has 1 aliphatic rings. The van der Waals surface area contributed by atoms with E-state index in [0.717, 1.165) is 16.6 Å². The van der Waals surface area contributed by atoms with E-state index in [1.807, 2.05) is 30.3 Å². The Labute approximate surface area is 152 Å². The van der Waals surface area contributed by atoms with E-state index in [9.17, 15) is 8.78 Å². The molecule has 126 valence electrons. The lowest BCUT2D eigenvalue weighted by Gasteiger charge is -2.15. The molecule has 2 aromatic heterocycles. The monoisotopic (exact) mass is 362 g/mol. The minimum Gasteiger partial charge on any atom is -0.239 e. The van der Waals surface area contributed by atoms with Crippen LogP contribution in [0.5, 0.6) is 0 Å². The van der Waals surface area contributed by atoms with Crippen molar-refractivity contribution in [1.82, 2.24) is 9.97 Å². The van der Waals surface area contributed by atoms with Gasteiger partial charge in [0.2, 0.25) is 0 Å². The van der Waals surface area contributed by atoms with Gasteiger partial charge in [0.15, 0.2) is 0 Å². The fourth-order valence-corrected chi connectivity index (χ4v) is 4.10. The summed E-state index contributed by atoms with van der Waals surface area (Å²) in [5.74, 6) is -1.22. The quantitative estimate of drug-likeness (QED) is 0.450. The van der Waals surface area contributed by atoms with Gasteiger partial charge in [0.1, 0.15) is 27.0 Å². The SMILES string of the molecule is Fc1ccc(-c2nc3ccc(C4(c5ccccc5)C=C4)nc3s2)c(F)c1. The third-order valence-corrected chi connectivity index (χ3v) is 5.59. The maximum atomic E-state index is 14.1. The maximum Gasteiger partial charge on any atom is 0.144 e. The minimum absolute atomic E-state index is 0.263. The van der Waals surface area contributed by atoms with Crippen LogP contribution in [0.15, 0.2) is 72.8 Å². The molecule has 26 heavy (non-hydrogen) atoms. The summed E-state index contributed by atoms with van der Waals surface area (Å²) in [6.07, 6.45) is 4.25. The van der Waals surface area contributed by atoms with Crippen molar-refractivity contribution in [3.05, 3.63) is 95.7 Å². The number of thiazole rings is 1. The molecule has 0 spiro atoms. The third-order valence-electron chi connectivity index (χ3n) is 4.59. The first-order chi connectivity index (χ1) is 12.7. The van der Waals surface area contributed by atoms with Crippen LogP contribution in [0.25, 0.3) is 20.9 Å². The van der Waals surface area contributed by atoms with Crippen LogP contribution in [0.4, 0.5) is 8.78 Å². The van der Waals surface area contributed by atoms with Crippen LogP contribution in [0.3, 0.4) is 0 Å². The molecule has 1 aliphatic carbocycles. The van der Waals surface area contributed by atoms with Gasteiger partial charge in [0.05, 0.1) is 11.1 Å². The van der Waals surface area contributed by atoms with Gasteiger partial charge in [0.25, 0.3) is 0 Å². The number of fused-ring (bicyclic) bond motifs is 1. The lowest BCUT2D eigenvalue weighted by molar-refractivity contribution is 0.585. The zero-order valence-corrected chi connectivity index (χ0v) is 14.3. The normalized spacial score (nSPS) is 14.7. The molecule has 0 bridgehead atoms. The van der Waals surface area contributed by atoms with Gasteiger partial charge in [0, 0.05) is 11.6 Å². The van der Waals surface area contributed by atoms with Crippen molar-refractivity contribution in [2.75, 3.05) is 0 Å². The number of aromatic nitrogens is 2.